The highest BCUT2D eigenvalue weighted by atomic mass is 15.3. The summed E-state index contributed by atoms with van der Waals surface area (Å²) in [5, 5.41) is 6.92. The third-order valence-corrected chi connectivity index (χ3v) is 7.12. The number of allylic oxidation sites excluding steroid dienone is 4. The number of fused-ring (bicyclic) bond motifs is 2. The molecule has 0 spiro atoms. The van der Waals surface area contributed by atoms with Crippen molar-refractivity contribution in [3.05, 3.63) is 109 Å². The van der Waals surface area contributed by atoms with Crippen LogP contribution in [0.25, 0.3) is 5.65 Å². The van der Waals surface area contributed by atoms with E-state index < -0.39 is 0 Å². The molecule has 7 nitrogen and oxygen atoms in total. The van der Waals surface area contributed by atoms with Crippen molar-refractivity contribution in [1.29, 1.82) is 0 Å². The maximum Gasteiger partial charge on any atom is 0.137 e. The fourth-order valence-corrected chi connectivity index (χ4v) is 4.88. The zero-order valence-electron chi connectivity index (χ0n) is 21.5. The topological polar surface area (TPSA) is 51.1 Å². The Balaban J connectivity index is 1.16. The standard InChI is InChI=1S/C29H37N7/c1-21(2)24(5)34-14-12-33(13-15-34)18-25-9-10-28-31-26(20-35(28)19-25)17-30-23(4)27-16-22(3)36-11-7-6-8-29(36)32-27/h6-11,16,19-21,29-30,32H,3-5,12-15,17-18H2,1-2H3. The molecule has 2 N–H and O–H groups in total. The second-order valence-electron chi connectivity index (χ2n) is 10.0. The van der Waals surface area contributed by atoms with Gasteiger partial charge in [0.25, 0.3) is 0 Å². The van der Waals surface area contributed by atoms with Crippen LogP contribution in [0.3, 0.4) is 0 Å². The van der Waals surface area contributed by atoms with Gasteiger partial charge in [-0.15, -0.1) is 0 Å². The summed E-state index contributed by atoms with van der Waals surface area (Å²) in [5.74, 6) is 0.507. The van der Waals surface area contributed by atoms with E-state index in [4.69, 9.17) is 4.98 Å². The summed E-state index contributed by atoms with van der Waals surface area (Å²) in [6, 6.07) is 4.30. The van der Waals surface area contributed by atoms with E-state index in [0.717, 1.165) is 61.2 Å². The van der Waals surface area contributed by atoms with Gasteiger partial charge >= 0.3 is 0 Å². The van der Waals surface area contributed by atoms with Crippen molar-refractivity contribution < 1.29 is 0 Å². The van der Waals surface area contributed by atoms with E-state index in [1.165, 1.54) is 11.3 Å². The predicted octanol–water partition coefficient (Wildman–Crippen LogP) is 3.94. The quantitative estimate of drug-likeness (QED) is 0.593. The van der Waals surface area contributed by atoms with Crippen molar-refractivity contribution in [2.24, 2.45) is 5.92 Å². The Hall–Kier alpha value is -3.71. The van der Waals surface area contributed by atoms with Crippen LogP contribution in [0.5, 0.6) is 0 Å². The number of imidazole rings is 1. The summed E-state index contributed by atoms with van der Waals surface area (Å²) in [6.45, 7) is 22.9. The monoisotopic (exact) mass is 483 g/mol. The highest BCUT2D eigenvalue weighted by Gasteiger charge is 2.23. The third-order valence-electron chi connectivity index (χ3n) is 7.12. The van der Waals surface area contributed by atoms with E-state index in [1.807, 2.05) is 24.4 Å². The fraction of sp³-hybridized carbons (Fsp3) is 0.345. The van der Waals surface area contributed by atoms with Crippen LogP contribution in [0.4, 0.5) is 0 Å². The normalized spacial score (nSPS) is 19.9. The van der Waals surface area contributed by atoms with Crippen molar-refractivity contribution in [3.8, 4) is 0 Å². The molecular formula is C29H37N7. The SMILES string of the molecule is C=C(NCc1cn2cc(CN3CCN(C(=C)C(C)C)CC3)ccc2n1)C1=CC(=C)N2C=CC=CC2N1. The van der Waals surface area contributed by atoms with Gasteiger partial charge in [-0.3, -0.25) is 4.90 Å². The summed E-state index contributed by atoms with van der Waals surface area (Å²) in [4.78, 5) is 11.8. The van der Waals surface area contributed by atoms with E-state index in [9.17, 15) is 0 Å². The molecule has 1 fully saturated rings. The van der Waals surface area contributed by atoms with Crippen molar-refractivity contribution >= 4 is 5.65 Å². The smallest absolute Gasteiger partial charge is 0.137 e. The first-order valence-electron chi connectivity index (χ1n) is 12.7. The fourth-order valence-electron chi connectivity index (χ4n) is 4.88. The number of rotatable bonds is 8. The van der Waals surface area contributed by atoms with Crippen LogP contribution in [-0.4, -0.2) is 56.4 Å². The summed E-state index contributed by atoms with van der Waals surface area (Å²) in [5.41, 5.74) is 7.20. The lowest BCUT2D eigenvalue weighted by Gasteiger charge is -2.38. The minimum Gasteiger partial charge on any atom is -0.378 e. The molecule has 188 valence electrons. The predicted molar refractivity (Wildman–Crippen MR) is 146 cm³/mol. The molecule has 0 aromatic carbocycles. The molecule has 36 heavy (non-hydrogen) atoms. The molecule has 7 heteroatoms. The van der Waals surface area contributed by atoms with Crippen LogP contribution >= 0.6 is 0 Å². The lowest BCUT2D eigenvalue weighted by molar-refractivity contribution is 0.145. The molecular weight excluding hydrogens is 446 g/mol. The highest BCUT2D eigenvalue weighted by molar-refractivity contribution is 5.42. The Morgan fingerprint density at radius 3 is 2.72 bits per heavy atom. The molecule has 1 saturated heterocycles. The maximum atomic E-state index is 4.79. The molecule has 2 aromatic rings. The Morgan fingerprint density at radius 1 is 1.14 bits per heavy atom. The molecule has 3 aliphatic rings. The molecule has 0 bridgehead atoms. The lowest BCUT2D eigenvalue weighted by Crippen LogP contribution is -2.45. The molecule has 0 saturated carbocycles. The van der Waals surface area contributed by atoms with E-state index in [-0.39, 0.29) is 6.17 Å². The average molecular weight is 484 g/mol. The maximum absolute atomic E-state index is 4.79. The van der Waals surface area contributed by atoms with Gasteiger partial charge in [-0.1, -0.05) is 45.7 Å². The minimum atomic E-state index is 0.0617. The van der Waals surface area contributed by atoms with Crippen LogP contribution < -0.4 is 10.6 Å². The first kappa shape index (κ1) is 24.0. The number of nitrogens with one attached hydrogen (secondary N) is 2. The minimum absolute atomic E-state index is 0.0617. The molecule has 5 heterocycles. The molecule has 5 rings (SSSR count). The number of hydrogen-bond acceptors (Lipinski definition) is 6. The van der Waals surface area contributed by atoms with E-state index in [0.29, 0.717) is 12.5 Å². The highest BCUT2D eigenvalue weighted by Crippen LogP contribution is 2.23. The largest absolute Gasteiger partial charge is 0.378 e. The first-order chi connectivity index (χ1) is 17.4. The molecule has 2 aromatic heterocycles. The number of nitrogens with zero attached hydrogens (tertiary/aromatic N) is 5. The lowest BCUT2D eigenvalue weighted by atomic mass is 10.1. The number of aromatic nitrogens is 2. The van der Waals surface area contributed by atoms with Crippen LogP contribution in [-0.2, 0) is 13.1 Å². The van der Waals surface area contributed by atoms with Gasteiger partial charge in [-0.25, -0.2) is 4.98 Å². The van der Waals surface area contributed by atoms with Crippen molar-refractivity contribution in [2.45, 2.75) is 33.1 Å². The van der Waals surface area contributed by atoms with Gasteiger partial charge in [0, 0.05) is 62.7 Å². The van der Waals surface area contributed by atoms with Gasteiger partial charge in [0.15, 0.2) is 0 Å². The average Bonchev–Trinajstić information content (AvgIpc) is 3.29. The van der Waals surface area contributed by atoms with Crippen molar-refractivity contribution in [3.63, 3.8) is 0 Å². The van der Waals surface area contributed by atoms with Gasteiger partial charge in [-0.2, -0.15) is 0 Å². The molecule has 0 amide bonds. The van der Waals surface area contributed by atoms with Gasteiger partial charge in [0.1, 0.15) is 11.8 Å². The number of hydrogen-bond donors (Lipinski definition) is 2. The zero-order valence-corrected chi connectivity index (χ0v) is 21.5. The third kappa shape index (κ3) is 5.11. The Labute approximate surface area is 214 Å². The van der Waals surface area contributed by atoms with Crippen molar-refractivity contribution in [1.82, 2.24) is 34.7 Å². The zero-order chi connectivity index (χ0) is 25.2. The molecule has 3 aliphatic heterocycles. The van der Waals surface area contributed by atoms with E-state index in [2.05, 4.69) is 93.9 Å². The number of piperazine rings is 1. The van der Waals surface area contributed by atoms with E-state index >= 15 is 0 Å². The Morgan fingerprint density at radius 2 is 1.94 bits per heavy atom. The van der Waals surface area contributed by atoms with Gasteiger partial charge in [0.05, 0.1) is 23.6 Å². The second kappa shape index (κ2) is 10.1. The molecule has 1 atom stereocenters. The second-order valence-corrected chi connectivity index (χ2v) is 10.0. The molecule has 0 radical (unpaired) electrons. The Kier molecular flexibility index (Phi) is 6.74. The molecule has 1 unspecified atom stereocenters. The first-order valence-corrected chi connectivity index (χ1v) is 12.7. The molecule has 0 aliphatic carbocycles. The summed E-state index contributed by atoms with van der Waals surface area (Å²) < 4.78 is 2.13. The van der Waals surface area contributed by atoms with Crippen LogP contribution in [0.2, 0.25) is 0 Å². The number of pyridine rings is 1. The summed E-state index contributed by atoms with van der Waals surface area (Å²) in [7, 11) is 0. The van der Waals surface area contributed by atoms with Gasteiger partial charge in [-0.05, 0) is 35.8 Å². The summed E-state index contributed by atoms with van der Waals surface area (Å²) >= 11 is 0. The van der Waals surface area contributed by atoms with Crippen LogP contribution in [0, 0.1) is 5.92 Å². The van der Waals surface area contributed by atoms with Crippen molar-refractivity contribution in [2.75, 3.05) is 26.2 Å². The van der Waals surface area contributed by atoms with Crippen LogP contribution in [0.1, 0.15) is 25.1 Å². The van der Waals surface area contributed by atoms with Gasteiger partial charge in [0.2, 0.25) is 0 Å². The van der Waals surface area contributed by atoms with Gasteiger partial charge < -0.3 is 24.8 Å². The Bertz CT molecular complexity index is 1250. The summed E-state index contributed by atoms with van der Waals surface area (Å²) in [6.07, 6.45) is 14.6. The van der Waals surface area contributed by atoms with Crippen LogP contribution in [0.15, 0.2) is 97.6 Å². The van der Waals surface area contributed by atoms with E-state index in [1.54, 1.807) is 0 Å².